The second kappa shape index (κ2) is 8.63. The number of hydrogen-bond donors (Lipinski definition) is 0. The van der Waals surface area contributed by atoms with Gasteiger partial charge in [-0.1, -0.05) is 30.3 Å². The Kier molecular flexibility index (Phi) is 7.23. The molecule has 28 heavy (non-hydrogen) atoms. The van der Waals surface area contributed by atoms with Crippen LogP contribution in [0.15, 0.2) is 30.3 Å². The topological polar surface area (TPSA) is 82.1 Å². The minimum atomic E-state index is -1.64. The van der Waals surface area contributed by atoms with E-state index in [4.69, 9.17) is 14.2 Å². The molecule has 0 aliphatic rings. The maximum absolute atomic E-state index is 12.7. The van der Waals surface area contributed by atoms with Crippen LogP contribution in [0.3, 0.4) is 0 Å². The summed E-state index contributed by atoms with van der Waals surface area (Å²) in [5, 5.41) is 0. The van der Waals surface area contributed by atoms with Crippen molar-refractivity contribution in [1.29, 1.82) is 0 Å². The van der Waals surface area contributed by atoms with E-state index in [1.54, 1.807) is 53.7 Å². The third-order valence-electron chi connectivity index (χ3n) is 3.42. The van der Waals surface area contributed by atoms with Crippen molar-refractivity contribution in [2.24, 2.45) is 0 Å². The molecule has 0 bridgehead atoms. The Bertz CT molecular complexity index is 670. The molecule has 7 heteroatoms. The fraction of sp³-hybridized carbons (Fsp3) is 0.571. The Hall–Kier alpha value is -2.57. The van der Waals surface area contributed by atoms with Gasteiger partial charge >= 0.3 is 18.2 Å². The second-order valence-electron chi connectivity index (χ2n) is 8.92. The van der Waals surface area contributed by atoms with Gasteiger partial charge in [0.1, 0.15) is 23.3 Å². The van der Waals surface area contributed by atoms with Gasteiger partial charge in [-0.3, -0.25) is 0 Å². The number of ether oxygens (including phenoxy) is 3. The number of rotatable bonds is 4. The molecule has 0 aliphatic heterocycles. The summed E-state index contributed by atoms with van der Waals surface area (Å²) < 4.78 is 16.0. The van der Waals surface area contributed by atoms with Crippen LogP contribution in [0.2, 0.25) is 0 Å². The third-order valence-corrected chi connectivity index (χ3v) is 3.42. The molecule has 1 aromatic carbocycles. The highest BCUT2D eigenvalue weighted by atomic mass is 16.6. The van der Waals surface area contributed by atoms with Gasteiger partial charge in [0, 0.05) is 0 Å². The van der Waals surface area contributed by atoms with Crippen molar-refractivity contribution in [1.82, 2.24) is 4.90 Å². The summed E-state index contributed by atoms with van der Waals surface area (Å²) in [6.07, 6.45) is -1.97. The molecule has 1 aromatic rings. The Labute approximate surface area is 166 Å². The van der Waals surface area contributed by atoms with Crippen molar-refractivity contribution in [2.45, 2.75) is 78.7 Å². The zero-order chi connectivity index (χ0) is 21.8. The molecule has 7 nitrogen and oxygen atoms in total. The average Bonchev–Trinajstić information content (AvgIpc) is 2.49. The minimum Gasteiger partial charge on any atom is -0.459 e. The lowest BCUT2D eigenvalue weighted by Crippen LogP contribution is -2.58. The Morgan fingerprint density at radius 2 is 1.21 bits per heavy atom. The summed E-state index contributed by atoms with van der Waals surface area (Å²) in [4.78, 5) is 38.8. The SMILES string of the molecule is CC(C)(C)OC(=O)N(C(=O)OC(C)(C)C)C(C)(C)C(=O)OCc1ccccc1. The number of esters is 1. The summed E-state index contributed by atoms with van der Waals surface area (Å²) in [7, 11) is 0. The minimum absolute atomic E-state index is 0.0135. The van der Waals surface area contributed by atoms with Crippen molar-refractivity contribution in [2.75, 3.05) is 0 Å². The standard InChI is InChI=1S/C21H31NO6/c1-19(2,3)27-17(24)22(18(25)28-20(4,5)6)21(7,8)16(23)26-14-15-12-10-9-11-13-15/h9-13H,14H2,1-8H3. The number of amides is 2. The quantitative estimate of drug-likeness (QED) is 0.546. The summed E-state index contributed by atoms with van der Waals surface area (Å²) in [5.41, 5.74) is -2.57. The van der Waals surface area contributed by atoms with Crippen LogP contribution in [0.1, 0.15) is 61.0 Å². The van der Waals surface area contributed by atoms with E-state index in [1.807, 2.05) is 18.2 Å². The van der Waals surface area contributed by atoms with Crippen molar-refractivity contribution in [3.05, 3.63) is 35.9 Å². The van der Waals surface area contributed by atoms with Crippen molar-refractivity contribution >= 4 is 18.2 Å². The molecule has 0 radical (unpaired) electrons. The third kappa shape index (κ3) is 7.21. The number of nitrogens with zero attached hydrogens (tertiary/aromatic N) is 1. The molecule has 0 unspecified atom stereocenters. The molecule has 0 spiro atoms. The molecular formula is C21H31NO6. The number of carbonyl (C=O) groups is 3. The Morgan fingerprint density at radius 3 is 1.61 bits per heavy atom. The molecule has 0 N–H and O–H groups in total. The largest absolute Gasteiger partial charge is 0.459 e. The Balaban J connectivity index is 3.08. The van der Waals surface area contributed by atoms with Crippen LogP contribution in [-0.4, -0.2) is 39.8 Å². The first-order valence-electron chi connectivity index (χ1n) is 9.11. The van der Waals surface area contributed by atoms with Crippen LogP contribution in [0.4, 0.5) is 9.59 Å². The highest BCUT2D eigenvalue weighted by Crippen LogP contribution is 2.24. The molecule has 0 aromatic heterocycles. The number of carbonyl (C=O) groups excluding carboxylic acids is 3. The molecule has 0 heterocycles. The molecule has 156 valence electrons. The van der Waals surface area contributed by atoms with Gasteiger partial charge in [-0.2, -0.15) is 4.90 Å². The fourth-order valence-electron chi connectivity index (χ4n) is 2.14. The summed E-state index contributed by atoms with van der Waals surface area (Å²) in [5.74, 6) is -0.756. The van der Waals surface area contributed by atoms with Crippen LogP contribution in [-0.2, 0) is 25.6 Å². The van der Waals surface area contributed by atoms with Gasteiger partial charge in [-0.25, -0.2) is 14.4 Å². The van der Waals surface area contributed by atoms with Crippen molar-refractivity contribution < 1.29 is 28.6 Å². The average molecular weight is 393 g/mol. The van der Waals surface area contributed by atoms with Gasteiger partial charge in [0.25, 0.3) is 0 Å². The lowest BCUT2D eigenvalue weighted by molar-refractivity contribution is -0.156. The highest BCUT2D eigenvalue weighted by molar-refractivity contribution is 5.96. The maximum atomic E-state index is 12.7. The lowest BCUT2D eigenvalue weighted by atomic mass is 10.0. The number of hydrogen-bond acceptors (Lipinski definition) is 6. The molecule has 1 rings (SSSR count). The van der Waals surface area contributed by atoms with Crippen LogP contribution >= 0.6 is 0 Å². The van der Waals surface area contributed by atoms with E-state index in [2.05, 4.69) is 0 Å². The fourth-order valence-corrected chi connectivity index (χ4v) is 2.14. The normalized spacial score (nSPS) is 12.1. The predicted octanol–water partition coefficient (Wildman–Crippen LogP) is 4.68. The summed E-state index contributed by atoms with van der Waals surface area (Å²) in [6, 6.07) is 9.10. The van der Waals surface area contributed by atoms with Crippen LogP contribution < -0.4 is 0 Å². The molecule has 0 saturated carbocycles. The van der Waals surface area contributed by atoms with E-state index in [0.717, 1.165) is 5.56 Å². The first-order valence-corrected chi connectivity index (χ1v) is 9.11. The molecule has 0 atom stereocenters. The molecule has 0 fully saturated rings. The van der Waals surface area contributed by atoms with E-state index in [0.29, 0.717) is 4.90 Å². The van der Waals surface area contributed by atoms with Crippen LogP contribution in [0.25, 0.3) is 0 Å². The van der Waals surface area contributed by atoms with Gasteiger partial charge in [0.05, 0.1) is 0 Å². The van der Waals surface area contributed by atoms with E-state index in [-0.39, 0.29) is 6.61 Å². The monoisotopic (exact) mass is 393 g/mol. The second-order valence-corrected chi connectivity index (χ2v) is 8.92. The van der Waals surface area contributed by atoms with E-state index >= 15 is 0 Å². The van der Waals surface area contributed by atoms with Gasteiger partial charge in [0.15, 0.2) is 0 Å². The first-order chi connectivity index (χ1) is 12.6. The number of benzene rings is 1. The maximum Gasteiger partial charge on any atom is 0.420 e. The van der Waals surface area contributed by atoms with Crippen LogP contribution in [0.5, 0.6) is 0 Å². The van der Waals surface area contributed by atoms with E-state index < -0.39 is 34.9 Å². The molecule has 0 aliphatic carbocycles. The van der Waals surface area contributed by atoms with Gasteiger partial charge in [0.2, 0.25) is 0 Å². The van der Waals surface area contributed by atoms with Gasteiger partial charge in [-0.05, 0) is 61.0 Å². The molecule has 0 saturated heterocycles. The smallest absolute Gasteiger partial charge is 0.420 e. The zero-order valence-electron chi connectivity index (χ0n) is 18.0. The zero-order valence-corrected chi connectivity index (χ0v) is 18.0. The van der Waals surface area contributed by atoms with E-state index in [9.17, 15) is 14.4 Å². The lowest BCUT2D eigenvalue weighted by Gasteiger charge is -2.36. The van der Waals surface area contributed by atoms with Gasteiger partial charge < -0.3 is 14.2 Å². The van der Waals surface area contributed by atoms with Crippen LogP contribution in [0, 0.1) is 0 Å². The summed E-state index contributed by atoms with van der Waals surface area (Å²) >= 11 is 0. The number of imide groups is 1. The highest BCUT2D eigenvalue weighted by Gasteiger charge is 2.47. The predicted molar refractivity (Wildman–Crippen MR) is 105 cm³/mol. The van der Waals surface area contributed by atoms with Crippen molar-refractivity contribution in [3.8, 4) is 0 Å². The van der Waals surface area contributed by atoms with Crippen molar-refractivity contribution in [3.63, 3.8) is 0 Å². The summed E-state index contributed by atoms with van der Waals surface area (Å²) in [6.45, 7) is 12.8. The molecular weight excluding hydrogens is 362 g/mol. The Morgan fingerprint density at radius 1 is 0.786 bits per heavy atom. The van der Waals surface area contributed by atoms with E-state index in [1.165, 1.54) is 13.8 Å². The van der Waals surface area contributed by atoms with Gasteiger partial charge in [-0.15, -0.1) is 0 Å². The molecule has 2 amide bonds. The first kappa shape index (κ1) is 23.5.